The third-order valence-electron chi connectivity index (χ3n) is 1.18. The Morgan fingerprint density at radius 3 is 2.50 bits per heavy atom. The molecule has 0 aliphatic rings. The fourth-order valence-electron chi connectivity index (χ4n) is 0.679. The highest BCUT2D eigenvalue weighted by molar-refractivity contribution is 7.85. The molecule has 0 saturated heterocycles. The summed E-state index contributed by atoms with van der Waals surface area (Å²) >= 11 is 0. The van der Waals surface area contributed by atoms with Crippen molar-refractivity contribution in [2.75, 3.05) is 11.2 Å². The van der Waals surface area contributed by atoms with Crippen LogP contribution in [0.1, 0.15) is 0 Å². The topological polar surface area (TPSA) is 66.4 Å². The van der Waals surface area contributed by atoms with Gasteiger partial charge in [-0.1, -0.05) is 12.1 Å². The van der Waals surface area contributed by atoms with Crippen LogP contribution in [0.4, 0.5) is 5.69 Å². The number of nitrogens with one attached hydrogen (secondary N) is 1. The molecule has 1 rings (SSSR count). The van der Waals surface area contributed by atoms with Gasteiger partial charge in [0.25, 0.3) is 10.1 Å². The SMILES string of the molecule is O=S(=O)(O)CNc1cc[c]cc1. The molecule has 0 atom stereocenters. The largest absolute Gasteiger partial charge is 0.370 e. The molecule has 0 spiro atoms. The summed E-state index contributed by atoms with van der Waals surface area (Å²) in [5.41, 5.74) is 0.631. The predicted octanol–water partition coefficient (Wildman–Crippen LogP) is 0.744. The Balaban J connectivity index is 2.56. The van der Waals surface area contributed by atoms with Crippen LogP contribution in [-0.2, 0) is 10.1 Å². The molecule has 5 heteroatoms. The highest BCUT2D eigenvalue weighted by Crippen LogP contribution is 2.03. The van der Waals surface area contributed by atoms with Crippen molar-refractivity contribution in [1.29, 1.82) is 0 Å². The lowest BCUT2D eigenvalue weighted by molar-refractivity contribution is 0.485. The Morgan fingerprint density at radius 2 is 2.00 bits per heavy atom. The van der Waals surface area contributed by atoms with Crippen LogP contribution in [0.15, 0.2) is 24.3 Å². The Labute approximate surface area is 71.0 Å². The van der Waals surface area contributed by atoms with Crippen molar-refractivity contribution < 1.29 is 13.0 Å². The molecule has 0 aliphatic carbocycles. The van der Waals surface area contributed by atoms with Gasteiger partial charge >= 0.3 is 0 Å². The van der Waals surface area contributed by atoms with Gasteiger partial charge in [-0.3, -0.25) is 4.55 Å². The average molecular weight is 186 g/mol. The number of hydrogen-bond acceptors (Lipinski definition) is 3. The molecule has 0 heterocycles. The summed E-state index contributed by atoms with van der Waals surface area (Å²) in [6, 6.07) is 9.38. The first-order valence-electron chi connectivity index (χ1n) is 3.23. The summed E-state index contributed by atoms with van der Waals surface area (Å²) in [4.78, 5) is 0. The molecule has 1 aromatic rings. The number of anilines is 1. The van der Waals surface area contributed by atoms with E-state index in [2.05, 4.69) is 11.4 Å². The van der Waals surface area contributed by atoms with E-state index in [9.17, 15) is 8.42 Å². The molecule has 0 saturated carbocycles. The normalized spacial score (nSPS) is 11.1. The van der Waals surface area contributed by atoms with Gasteiger partial charge in [-0.15, -0.1) is 0 Å². The minimum atomic E-state index is -3.94. The van der Waals surface area contributed by atoms with E-state index in [0.29, 0.717) is 5.69 Å². The van der Waals surface area contributed by atoms with Gasteiger partial charge < -0.3 is 5.32 Å². The first kappa shape index (κ1) is 9.02. The van der Waals surface area contributed by atoms with Gasteiger partial charge in [0.2, 0.25) is 0 Å². The summed E-state index contributed by atoms with van der Waals surface area (Å²) in [6.07, 6.45) is 0. The van der Waals surface area contributed by atoms with E-state index in [-0.39, 0.29) is 0 Å². The third kappa shape index (κ3) is 3.36. The summed E-state index contributed by atoms with van der Waals surface area (Å²) in [7, 11) is -3.94. The van der Waals surface area contributed by atoms with E-state index >= 15 is 0 Å². The van der Waals surface area contributed by atoms with E-state index in [4.69, 9.17) is 4.55 Å². The van der Waals surface area contributed by atoms with Crippen LogP contribution in [0, 0.1) is 6.07 Å². The molecular weight excluding hydrogens is 178 g/mol. The van der Waals surface area contributed by atoms with E-state index in [0.717, 1.165) is 0 Å². The summed E-state index contributed by atoms with van der Waals surface area (Å²) in [5, 5.41) is 2.53. The molecule has 12 heavy (non-hydrogen) atoms. The lowest BCUT2D eigenvalue weighted by Gasteiger charge is -2.01. The van der Waals surface area contributed by atoms with Gasteiger partial charge in [-0.05, 0) is 18.2 Å². The Kier molecular flexibility index (Phi) is 2.67. The molecule has 0 aliphatic heterocycles. The molecule has 0 unspecified atom stereocenters. The van der Waals surface area contributed by atoms with Crippen LogP contribution >= 0.6 is 0 Å². The van der Waals surface area contributed by atoms with Crippen molar-refractivity contribution in [3.63, 3.8) is 0 Å². The molecule has 4 nitrogen and oxygen atoms in total. The van der Waals surface area contributed by atoms with Crippen molar-refractivity contribution in [2.45, 2.75) is 0 Å². The zero-order chi connectivity index (χ0) is 9.03. The first-order valence-corrected chi connectivity index (χ1v) is 4.84. The molecule has 0 fully saturated rings. The molecule has 0 aromatic heterocycles. The Hall–Kier alpha value is -1.07. The number of rotatable bonds is 3. The Morgan fingerprint density at radius 1 is 1.42 bits per heavy atom. The highest BCUT2D eigenvalue weighted by Gasteiger charge is 2.01. The maximum atomic E-state index is 10.3. The molecular formula is C7H8NO3S. The first-order chi connectivity index (χ1) is 5.58. The van der Waals surface area contributed by atoms with Crippen LogP contribution in [0.3, 0.4) is 0 Å². The molecule has 65 valence electrons. The highest BCUT2D eigenvalue weighted by atomic mass is 32.2. The van der Waals surface area contributed by atoms with Gasteiger partial charge in [0.05, 0.1) is 0 Å². The van der Waals surface area contributed by atoms with Gasteiger partial charge in [-0.25, -0.2) is 0 Å². The van der Waals surface area contributed by atoms with E-state index in [1.54, 1.807) is 24.3 Å². The van der Waals surface area contributed by atoms with Gasteiger partial charge in [0.15, 0.2) is 0 Å². The second kappa shape index (κ2) is 3.55. The summed E-state index contributed by atoms with van der Waals surface area (Å²) < 4.78 is 29.0. The summed E-state index contributed by atoms with van der Waals surface area (Å²) in [6.45, 7) is 0. The molecule has 1 aromatic carbocycles. The Bertz CT molecular complexity index is 333. The second-order valence-corrected chi connectivity index (χ2v) is 3.64. The number of hydrogen-bond donors (Lipinski definition) is 2. The standard InChI is InChI=1S/C7H8NO3S/c9-12(10,11)6-8-7-4-2-1-3-5-7/h2-5,8H,6H2,(H,9,10,11). The van der Waals surface area contributed by atoms with Crippen molar-refractivity contribution in [3.8, 4) is 0 Å². The van der Waals surface area contributed by atoms with Gasteiger partial charge in [0.1, 0.15) is 5.88 Å². The molecule has 0 bridgehead atoms. The smallest absolute Gasteiger partial charge is 0.283 e. The molecule has 2 N–H and O–H groups in total. The quantitative estimate of drug-likeness (QED) is 0.683. The monoisotopic (exact) mass is 186 g/mol. The lowest BCUT2D eigenvalue weighted by atomic mass is 10.3. The fourth-order valence-corrected chi connectivity index (χ4v) is 1.03. The van der Waals surface area contributed by atoms with Crippen molar-refractivity contribution in [3.05, 3.63) is 30.3 Å². The van der Waals surface area contributed by atoms with Crippen LogP contribution in [-0.4, -0.2) is 18.8 Å². The van der Waals surface area contributed by atoms with E-state index < -0.39 is 16.0 Å². The second-order valence-electron chi connectivity index (χ2n) is 2.19. The van der Waals surface area contributed by atoms with Crippen molar-refractivity contribution >= 4 is 15.8 Å². The molecule has 1 radical (unpaired) electrons. The maximum absolute atomic E-state index is 10.3. The van der Waals surface area contributed by atoms with Crippen LogP contribution in [0.2, 0.25) is 0 Å². The minimum Gasteiger partial charge on any atom is -0.370 e. The van der Waals surface area contributed by atoms with Gasteiger partial charge in [0, 0.05) is 5.69 Å². The van der Waals surface area contributed by atoms with Crippen molar-refractivity contribution in [2.24, 2.45) is 0 Å². The molecule has 0 amide bonds. The zero-order valence-corrected chi connectivity index (χ0v) is 7.00. The zero-order valence-electron chi connectivity index (χ0n) is 6.19. The number of benzene rings is 1. The van der Waals surface area contributed by atoms with E-state index in [1.807, 2.05) is 0 Å². The average Bonchev–Trinajstić information content (AvgIpc) is 2.02. The van der Waals surface area contributed by atoms with Crippen LogP contribution in [0.5, 0.6) is 0 Å². The maximum Gasteiger partial charge on any atom is 0.283 e. The summed E-state index contributed by atoms with van der Waals surface area (Å²) in [5.74, 6) is -0.475. The van der Waals surface area contributed by atoms with Crippen molar-refractivity contribution in [1.82, 2.24) is 0 Å². The fraction of sp³-hybridized carbons (Fsp3) is 0.143. The van der Waals surface area contributed by atoms with Crippen LogP contribution in [0.25, 0.3) is 0 Å². The minimum absolute atomic E-state index is 0.475. The van der Waals surface area contributed by atoms with E-state index in [1.165, 1.54) is 0 Å². The predicted molar refractivity (Wildman–Crippen MR) is 45.3 cm³/mol. The van der Waals surface area contributed by atoms with Gasteiger partial charge in [-0.2, -0.15) is 8.42 Å². The lowest BCUT2D eigenvalue weighted by Crippen LogP contribution is -2.12. The third-order valence-corrected chi connectivity index (χ3v) is 1.69. The van der Waals surface area contributed by atoms with Crippen LogP contribution < -0.4 is 5.32 Å².